The van der Waals surface area contributed by atoms with Crippen LogP contribution in [0.1, 0.15) is 0 Å². The van der Waals surface area contributed by atoms with Crippen LogP contribution in [0.5, 0.6) is 0 Å². The molecule has 1 saturated heterocycles. The van der Waals surface area contributed by atoms with Crippen molar-refractivity contribution in [2.45, 2.75) is 0 Å². The third kappa shape index (κ3) is 1.86. The zero-order chi connectivity index (χ0) is 10.1. The predicted octanol–water partition coefficient (Wildman–Crippen LogP) is 1.39. The summed E-state index contributed by atoms with van der Waals surface area (Å²) in [5.74, 6) is 0. The van der Waals surface area contributed by atoms with Gasteiger partial charge in [-0.05, 0) is 12.1 Å². The van der Waals surface area contributed by atoms with Gasteiger partial charge in [0.25, 0.3) is 0 Å². The standard InChI is InChI=1S/C11H14N4.ClH/c1-2-10-9(8-13-14-10)11(3-1)15-6-4-12-5-7-15;/h1-3,8,12H,4-7H2,(H,13,14);1H. The molecule has 2 aromatic rings. The van der Waals surface area contributed by atoms with Crippen molar-refractivity contribution in [3.8, 4) is 0 Å². The fourth-order valence-electron chi connectivity index (χ4n) is 2.13. The number of H-pyrrole nitrogens is 1. The molecule has 16 heavy (non-hydrogen) atoms. The number of aromatic nitrogens is 2. The maximum Gasteiger partial charge on any atom is 0.0671 e. The summed E-state index contributed by atoms with van der Waals surface area (Å²) in [5.41, 5.74) is 2.41. The SMILES string of the molecule is Cl.c1cc(N2CCNCC2)c2cn[nH]c2c1. The molecule has 1 aromatic carbocycles. The molecule has 0 bridgehead atoms. The number of anilines is 1. The highest BCUT2D eigenvalue weighted by Crippen LogP contribution is 2.25. The van der Waals surface area contributed by atoms with Gasteiger partial charge in [0.05, 0.1) is 11.7 Å². The van der Waals surface area contributed by atoms with Gasteiger partial charge in [-0.15, -0.1) is 12.4 Å². The Balaban J connectivity index is 0.000000963. The van der Waals surface area contributed by atoms with Crippen LogP contribution >= 0.6 is 12.4 Å². The Bertz CT molecular complexity index is 462. The molecule has 0 amide bonds. The van der Waals surface area contributed by atoms with Crippen molar-refractivity contribution < 1.29 is 0 Å². The Morgan fingerprint density at radius 3 is 2.81 bits per heavy atom. The molecule has 2 N–H and O–H groups in total. The summed E-state index contributed by atoms with van der Waals surface area (Å²) in [5, 5.41) is 11.7. The van der Waals surface area contributed by atoms with E-state index in [0.29, 0.717) is 0 Å². The first-order valence-corrected chi connectivity index (χ1v) is 5.33. The number of aromatic amines is 1. The lowest BCUT2D eigenvalue weighted by Crippen LogP contribution is -2.43. The molecule has 4 nitrogen and oxygen atoms in total. The number of hydrogen-bond acceptors (Lipinski definition) is 3. The van der Waals surface area contributed by atoms with Crippen LogP contribution < -0.4 is 10.2 Å². The molecule has 0 atom stereocenters. The molecule has 0 spiro atoms. The van der Waals surface area contributed by atoms with Gasteiger partial charge in [-0.25, -0.2) is 0 Å². The Morgan fingerprint density at radius 2 is 2.00 bits per heavy atom. The van der Waals surface area contributed by atoms with E-state index in [0.717, 1.165) is 31.7 Å². The molecule has 1 aliphatic heterocycles. The number of halogens is 1. The summed E-state index contributed by atoms with van der Waals surface area (Å²) in [7, 11) is 0. The number of rotatable bonds is 1. The van der Waals surface area contributed by atoms with Gasteiger partial charge in [0, 0.05) is 37.3 Å². The second kappa shape index (κ2) is 4.72. The van der Waals surface area contributed by atoms with Crippen molar-refractivity contribution >= 4 is 29.0 Å². The zero-order valence-electron chi connectivity index (χ0n) is 8.94. The average molecular weight is 239 g/mol. The van der Waals surface area contributed by atoms with Crippen LogP contribution in [-0.2, 0) is 0 Å². The van der Waals surface area contributed by atoms with Crippen LogP contribution in [0.15, 0.2) is 24.4 Å². The third-order valence-electron chi connectivity index (χ3n) is 2.92. The van der Waals surface area contributed by atoms with Crippen molar-refractivity contribution in [1.29, 1.82) is 0 Å². The molecule has 3 rings (SSSR count). The minimum atomic E-state index is 0. The summed E-state index contributed by atoms with van der Waals surface area (Å²) in [4.78, 5) is 2.41. The first-order chi connectivity index (χ1) is 7.45. The van der Waals surface area contributed by atoms with E-state index in [1.54, 1.807) is 0 Å². The molecule has 2 heterocycles. The van der Waals surface area contributed by atoms with E-state index in [1.807, 2.05) is 6.20 Å². The first-order valence-electron chi connectivity index (χ1n) is 5.33. The lowest BCUT2D eigenvalue weighted by Gasteiger charge is -2.29. The second-order valence-electron chi connectivity index (χ2n) is 3.85. The van der Waals surface area contributed by atoms with Crippen LogP contribution in [-0.4, -0.2) is 36.4 Å². The largest absolute Gasteiger partial charge is 0.368 e. The van der Waals surface area contributed by atoms with E-state index in [2.05, 4.69) is 38.6 Å². The Kier molecular flexibility index (Phi) is 3.31. The van der Waals surface area contributed by atoms with E-state index < -0.39 is 0 Å². The molecule has 0 aliphatic carbocycles. The number of piperazine rings is 1. The van der Waals surface area contributed by atoms with E-state index in [9.17, 15) is 0 Å². The van der Waals surface area contributed by atoms with Gasteiger partial charge in [0.15, 0.2) is 0 Å². The van der Waals surface area contributed by atoms with Crippen LogP contribution in [0.4, 0.5) is 5.69 Å². The lowest BCUT2D eigenvalue weighted by molar-refractivity contribution is 0.590. The highest BCUT2D eigenvalue weighted by Gasteiger charge is 2.13. The van der Waals surface area contributed by atoms with Crippen LogP contribution in [0.25, 0.3) is 10.9 Å². The molecular formula is C11H15ClN4. The number of nitrogens with zero attached hydrogens (tertiary/aromatic N) is 2. The monoisotopic (exact) mass is 238 g/mol. The minimum Gasteiger partial charge on any atom is -0.368 e. The smallest absolute Gasteiger partial charge is 0.0671 e. The van der Waals surface area contributed by atoms with Crippen molar-refractivity contribution in [2.75, 3.05) is 31.1 Å². The number of hydrogen-bond donors (Lipinski definition) is 2. The molecule has 0 radical (unpaired) electrons. The lowest BCUT2D eigenvalue weighted by atomic mass is 10.2. The number of benzene rings is 1. The molecule has 1 fully saturated rings. The molecular weight excluding hydrogens is 224 g/mol. The molecule has 5 heteroatoms. The first kappa shape index (κ1) is 11.2. The van der Waals surface area contributed by atoms with Crippen molar-refractivity contribution in [1.82, 2.24) is 15.5 Å². The molecule has 86 valence electrons. The van der Waals surface area contributed by atoms with Crippen molar-refractivity contribution in [3.63, 3.8) is 0 Å². The number of fused-ring (bicyclic) bond motifs is 1. The average Bonchev–Trinajstić information content (AvgIpc) is 2.78. The summed E-state index contributed by atoms with van der Waals surface area (Å²) < 4.78 is 0. The quantitative estimate of drug-likeness (QED) is 0.789. The molecule has 0 unspecified atom stereocenters. The maximum atomic E-state index is 4.09. The van der Waals surface area contributed by atoms with Gasteiger partial charge in [-0.1, -0.05) is 6.07 Å². The van der Waals surface area contributed by atoms with E-state index in [4.69, 9.17) is 0 Å². The van der Waals surface area contributed by atoms with Gasteiger partial charge in [0.1, 0.15) is 0 Å². The topological polar surface area (TPSA) is 44.0 Å². The summed E-state index contributed by atoms with van der Waals surface area (Å²) in [6, 6.07) is 6.31. The van der Waals surface area contributed by atoms with E-state index >= 15 is 0 Å². The van der Waals surface area contributed by atoms with Gasteiger partial charge in [-0.2, -0.15) is 5.10 Å². The van der Waals surface area contributed by atoms with E-state index in [1.165, 1.54) is 11.1 Å². The second-order valence-corrected chi connectivity index (χ2v) is 3.85. The van der Waals surface area contributed by atoms with Crippen molar-refractivity contribution in [2.24, 2.45) is 0 Å². The maximum absolute atomic E-state index is 4.09. The van der Waals surface area contributed by atoms with Crippen molar-refractivity contribution in [3.05, 3.63) is 24.4 Å². The summed E-state index contributed by atoms with van der Waals surface area (Å²) in [6.45, 7) is 4.27. The van der Waals surface area contributed by atoms with Gasteiger partial charge < -0.3 is 10.2 Å². The minimum absolute atomic E-state index is 0. The van der Waals surface area contributed by atoms with Crippen LogP contribution in [0.3, 0.4) is 0 Å². The highest BCUT2D eigenvalue weighted by molar-refractivity contribution is 5.91. The van der Waals surface area contributed by atoms with Gasteiger partial charge in [0.2, 0.25) is 0 Å². The Labute approximate surface area is 100 Å². The van der Waals surface area contributed by atoms with Gasteiger partial charge >= 0.3 is 0 Å². The van der Waals surface area contributed by atoms with Crippen LogP contribution in [0.2, 0.25) is 0 Å². The van der Waals surface area contributed by atoms with Gasteiger partial charge in [-0.3, -0.25) is 5.10 Å². The molecule has 1 aliphatic rings. The summed E-state index contributed by atoms with van der Waals surface area (Å²) >= 11 is 0. The fourth-order valence-corrected chi connectivity index (χ4v) is 2.13. The molecule has 1 aromatic heterocycles. The highest BCUT2D eigenvalue weighted by atomic mass is 35.5. The third-order valence-corrected chi connectivity index (χ3v) is 2.92. The fraction of sp³-hybridized carbons (Fsp3) is 0.364. The summed E-state index contributed by atoms with van der Waals surface area (Å²) in [6.07, 6.45) is 1.91. The Hall–Kier alpha value is -1.26. The predicted molar refractivity (Wildman–Crippen MR) is 68.4 cm³/mol. The van der Waals surface area contributed by atoms with Crippen LogP contribution in [0, 0.1) is 0 Å². The zero-order valence-corrected chi connectivity index (χ0v) is 9.76. The van der Waals surface area contributed by atoms with E-state index in [-0.39, 0.29) is 12.4 Å². The Morgan fingerprint density at radius 1 is 1.19 bits per heavy atom. The number of nitrogens with one attached hydrogen (secondary N) is 2. The molecule has 0 saturated carbocycles. The normalized spacial score (nSPS) is 16.1.